The van der Waals surface area contributed by atoms with E-state index in [1.807, 2.05) is 26.0 Å². The topological polar surface area (TPSA) is 58.2 Å². The number of hydrogen-bond acceptors (Lipinski definition) is 3. The number of anilines is 1. The van der Waals surface area contributed by atoms with Crippen LogP contribution in [0.1, 0.15) is 26.3 Å². The van der Waals surface area contributed by atoms with Gasteiger partial charge in [-0.3, -0.25) is 4.72 Å². The zero-order valence-corrected chi connectivity index (χ0v) is 12.0. The molecule has 2 N–H and O–H groups in total. The van der Waals surface area contributed by atoms with E-state index in [2.05, 4.69) is 17.0 Å². The van der Waals surface area contributed by atoms with Crippen molar-refractivity contribution in [3.05, 3.63) is 29.8 Å². The van der Waals surface area contributed by atoms with Crippen molar-refractivity contribution in [2.75, 3.05) is 17.0 Å². The lowest BCUT2D eigenvalue weighted by molar-refractivity contribution is 0.587. The molecule has 1 rings (SSSR count). The zero-order valence-electron chi connectivity index (χ0n) is 11.2. The Bertz CT molecular complexity index is 452. The van der Waals surface area contributed by atoms with Gasteiger partial charge < -0.3 is 5.32 Å². The normalized spacial score (nSPS) is 11.8. The minimum absolute atomic E-state index is 0.121. The number of rotatable bonds is 7. The van der Waals surface area contributed by atoms with Gasteiger partial charge in [0.2, 0.25) is 10.0 Å². The van der Waals surface area contributed by atoms with Crippen LogP contribution in [0.15, 0.2) is 24.3 Å². The van der Waals surface area contributed by atoms with Crippen molar-refractivity contribution in [2.45, 2.75) is 27.3 Å². The summed E-state index contributed by atoms with van der Waals surface area (Å²) in [7, 11) is -3.23. The molecule has 1 aromatic carbocycles. The van der Waals surface area contributed by atoms with Crippen LogP contribution in [0.4, 0.5) is 5.69 Å². The summed E-state index contributed by atoms with van der Waals surface area (Å²) in [6.07, 6.45) is 0. The maximum Gasteiger partial charge on any atom is 0.232 e. The van der Waals surface area contributed by atoms with E-state index in [-0.39, 0.29) is 11.7 Å². The molecule has 0 radical (unpaired) electrons. The van der Waals surface area contributed by atoms with Crippen molar-refractivity contribution in [3.63, 3.8) is 0 Å². The molecule has 0 spiro atoms. The molecule has 0 amide bonds. The first-order valence-electron chi connectivity index (χ1n) is 6.23. The van der Waals surface area contributed by atoms with Crippen LogP contribution in [-0.2, 0) is 16.6 Å². The molecule has 102 valence electrons. The van der Waals surface area contributed by atoms with Crippen molar-refractivity contribution < 1.29 is 8.42 Å². The summed E-state index contributed by atoms with van der Waals surface area (Å²) in [5, 5.41) is 3.22. The van der Waals surface area contributed by atoms with Crippen LogP contribution >= 0.6 is 0 Å². The third-order valence-corrected chi connectivity index (χ3v) is 4.01. The van der Waals surface area contributed by atoms with E-state index < -0.39 is 10.0 Å². The molecular formula is C13H22N2O2S. The van der Waals surface area contributed by atoms with E-state index in [1.54, 1.807) is 12.1 Å². The second-order valence-electron chi connectivity index (χ2n) is 4.75. The second kappa shape index (κ2) is 6.75. The highest BCUT2D eigenvalue weighted by Gasteiger charge is 2.12. The van der Waals surface area contributed by atoms with E-state index in [1.165, 1.54) is 0 Å². The molecule has 0 atom stereocenters. The standard InChI is InChI=1S/C13H22N2O2S/c1-4-14-9-12-5-7-13(8-6-12)15-18(16,17)10-11(2)3/h5-8,11,14-15H,4,9-10H2,1-3H3. The number of hydrogen-bond donors (Lipinski definition) is 2. The molecule has 1 aromatic rings. The summed E-state index contributed by atoms with van der Waals surface area (Å²) in [5.74, 6) is 0.266. The van der Waals surface area contributed by atoms with Gasteiger partial charge in [-0.05, 0) is 30.2 Å². The van der Waals surface area contributed by atoms with E-state index >= 15 is 0 Å². The highest BCUT2D eigenvalue weighted by atomic mass is 32.2. The highest BCUT2D eigenvalue weighted by molar-refractivity contribution is 7.92. The summed E-state index contributed by atoms with van der Waals surface area (Å²) in [6.45, 7) is 7.55. The molecular weight excluding hydrogens is 248 g/mol. The minimum atomic E-state index is -3.23. The van der Waals surface area contributed by atoms with Crippen LogP contribution < -0.4 is 10.0 Å². The molecule has 18 heavy (non-hydrogen) atoms. The van der Waals surface area contributed by atoms with E-state index in [4.69, 9.17) is 0 Å². The molecule has 0 aliphatic rings. The monoisotopic (exact) mass is 270 g/mol. The summed E-state index contributed by atoms with van der Waals surface area (Å²) >= 11 is 0. The quantitative estimate of drug-likeness (QED) is 0.798. The lowest BCUT2D eigenvalue weighted by Crippen LogP contribution is -2.20. The average Bonchev–Trinajstić information content (AvgIpc) is 2.26. The Hall–Kier alpha value is -1.07. The molecule has 0 aliphatic heterocycles. The van der Waals surface area contributed by atoms with Gasteiger partial charge in [0.1, 0.15) is 0 Å². The minimum Gasteiger partial charge on any atom is -0.313 e. The van der Waals surface area contributed by atoms with Gasteiger partial charge in [-0.15, -0.1) is 0 Å². The molecule has 0 fully saturated rings. The van der Waals surface area contributed by atoms with Gasteiger partial charge in [0.25, 0.3) is 0 Å². The van der Waals surface area contributed by atoms with Crippen molar-refractivity contribution >= 4 is 15.7 Å². The van der Waals surface area contributed by atoms with Gasteiger partial charge in [0, 0.05) is 12.2 Å². The summed E-state index contributed by atoms with van der Waals surface area (Å²) in [4.78, 5) is 0. The molecule has 5 heteroatoms. The molecule has 0 aromatic heterocycles. The van der Waals surface area contributed by atoms with Crippen LogP contribution in [0.3, 0.4) is 0 Å². The Labute approximate surface area is 110 Å². The maximum atomic E-state index is 11.7. The smallest absolute Gasteiger partial charge is 0.232 e. The molecule has 0 aliphatic carbocycles. The van der Waals surface area contributed by atoms with Gasteiger partial charge in [-0.1, -0.05) is 32.9 Å². The summed E-state index contributed by atoms with van der Waals surface area (Å²) in [5.41, 5.74) is 1.76. The van der Waals surface area contributed by atoms with Crippen LogP contribution in [0.5, 0.6) is 0 Å². The Morgan fingerprint density at radius 1 is 1.17 bits per heavy atom. The lowest BCUT2D eigenvalue weighted by atomic mass is 10.2. The van der Waals surface area contributed by atoms with Crippen molar-refractivity contribution in [2.24, 2.45) is 5.92 Å². The Kier molecular flexibility index (Phi) is 5.62. The average molecular weight is 270 g/mol. The molecule has 0 bridgehead atoms. The van der Waals surface area contributed by atoms with Crippen molar-refractivity contribution in [3.8, 4) is 0 Å². The van der Waals surface area contributed by atoms with E-state index in [0.717, 1.165) is 18.7 Å². The third-order valence-electron chi connectivity index (χ3n) is 2.36. The molecule has 0 heterocycles. The molecule has 0 saturated heterocycles. The van der Waals surface area contributed by atoms with Crippen LogP contribution in [0.25, 0.3) is 0 Å². The number of nitrogens with one attached hydrogen (secondary N) is 2. The summed E-state index contributed by atoms with van der Waals surface area (Å²) in [6, 6.07) is 7.45. The Balaban J connectivity index is 2.63. The fourth-order valence-corrected chi connectivity index (χ4v) is 3.08. The second-order valence-corrected chi connectivity index (χ2v) is 6.52. The zero-order chi connectivity index (χ0) is 13.6. The van der Waals surface area contributed by atoms with Gasteiger partial charge >= 0.3 is 0 Å². The number of benzene rings is 1. The van der Waals surface area contributed by atoms with Gasteiger partial charge in [-0.2, -0.15) is 0 Å². The third kappa shape index (κ3) is 5.51. The van der Waals surface area contributed by atoms with Crippen LogP contribution in [-0.4, -0.2) is 20.7 Å². The fourth-order valence-electron chi connectivity index (χ4n) is 1.62. The lowest BCUT2D eigenvalue weighted by Gasteiger charge is -2.10. The van der Waals surface area contributed by atoms with E-state index in [0.29, 0.717) is 5.69 Å². The maximum absolute atomic E-state index is 11.7. The fraction of sp³-hybridized carbons (Fsp3) is 0.538. The number of sulfonamides is 1. The summed E-state index contributed by atoms with van der Waals surface area (Å²) < 4.78 is 26.1. The highest BCUT2D eigenvalue weighted by Crippen LogP contribution is 2.12. The predicted molar refractivity (Wildman–Crippen MR) is 76.1 cm³/mol. The molecule has 4 nitrogen and oxygen atoms in total. The van der Waals surface area contributed by atoms with Crippen molar-refractivity contribution in [1.82, 2.24) is 5.32 Å². The first-order valence-corrected chi connectivity index (χ1v) is 7.88. The van der Waals surface area contributed by atoms with Crippen LogP contribution in [0, 0.1) is 5.92 Å². The molecule has 0 unspecified atom stereocenters. The molecule has 0 saturated carbocycles. The van der Waals surface area contributed by atoms with Crippen molar-refractivity contribution in [1.29, 1.82) is 0 Å². The van der Waals surface area contributed by atoms with Gasteiger partial charge in [-0.25, -0.2) is 8.42 Å². The Morgan fingerprint density at radius 3 is 2.28 bits per heavy atom. The largest absolute Gasteiger partial charge is 0.313 e. The first kappa shape index (κ1) is 15.0. The van der Waals surface area contributed by atoms with Gasteiger partial charge in [0.05, 0.1) is 5.75 Å². The Morgan fingerprint density at radius 2 is 1.78 bits per heavy atom. The first-order chi connectivity index (χ1) is 8.43. The van der Waals surface area contributed by atoms with Gasteiger partial charge in [0.15, 0.2) is 0 Å². The SMILES string of the molecule is CCNCc1ccc(NS(=O)(=O)CC(C)C)cc1. The predicted octanol–water partition coefficient (Wildman–Crippen LogP) is 2.19. The van der Waals surface area contributed by atoms with E-state index in [9.17, 15) is 8.42 Å². The van der Waals surface area contributed by atoms with Crippen LogP contribution in [0.2, 0.25) is 0 Å².